The number of hydrogen-bond acceptors (Lipinski definition) is 4. The quantitative estimate of drug-likeness (QED) is 0.287. The van der Waals surface area contributed by atoms with Gasteiger partial charge in [-0.1, -0.05) is 30.3 Å². The first-order valence-electron chi connectivity index (χ1n) is 10.8. The molecular weight excluding hydrogens is 493 g/mol. The van der Waals surface area contributed by atoms with Gasteiger partial charge in [0.15, 0.2) is 5.96 Å². The van der Waals surface area contributed by atoms with Crippen LogP contribution in [0.15, 0.2) is 35.3 Å². The van der Waals surface area contributed by atoms with Crippen molar-refractivity contribution in [1.29, 1.82) is 0 Å². The molecule has 0 spiro atoms. The molecule has 0 aliphatic carbocycles. The summed E-state index contributed by atoms with van der Waals surface area (Å²) in [7, 11) is 1.69. The lowest BCUT2D eigenvalue weighted by Crippen LogP contribution is -2.50. The van der Waals surface area contributed by atoms with Gasteiger partial charge in [0.2, 0.25) is 5.91 Å². The Balaban J connectivity index is 0.00000320. The molecule has 2 heterocycles. The van der Waals surface area contributed by atoms with Gasteiger partial charge in [0.25, 0.3) is 0 Å². The molecule has 2 aliphatic heterocycles. The molecule has 30 heavy (non-hydrogen) atoms. The number of rotatable bonds is 7. The minimum absolute atomic E-state index is 0. The van der Waals surface area contributed by atoms with Crippen molar-refractivity contribution in [2.75, 3.05) is 46.4 Å². The van der Waals surface area contributed by atoms with E-state index in [1.54, 1.807) is 7.05 Å². The standard InChI is InChI=1S/C22H35N5O2.HI/c1-3-24-22(26-19-9-12-27(13-10-19)16-20(28)23-2)25-15-18-11-14-29-21(18)17-7-5-4-6-8-17;/h4-8,18-19,21H,3,9-16H2,1-2H3,(H,23,28)(H2,24,25,26);1H. The van der Waals surface area contributed by atoms with Crippen LogP contribution in [0.5, 0.6) is 0 Å². The molecule has 0 bridgehead atoms. The number of ether oxygens (including phenoxy) is 1. The minimum atomic E-state index is 0. The van der Waals surface area contributed by atoms with Crippen LogP contribution in [0.1, 0.15) is 37.9 Å². The van der Waals surface area contributed by atoms with Gasteiger partial charge in [-0.2, -0.15) is 0 Å². The minimum Gasteiger partial charge on any atom is -0.373 e. The Morgan fingerprint density at radius 2 is 1.93 bits per heavy atom. The van der Waals surface area contributed by atoms with E-state index in [1.807, 2.05) is 6.07 Å². The molecule has 1 amide bonds. The summed E-state index contributed by atoms with van der Waals surface area (Å²) in [5.74, 6) is 1.37. The number of amides is 1. The first kappa shape index (κ1) is 24.9. The predicted octanol–water partition coefficient (Wildman–Crippen LogP) is 2.15. The molecule has 0 radical (unpaired) electrons. The van der Waals surface area contributed by atoms with E-state index in [0.29, 0.717) is 18.5 Å². The molecule has 3 N–H and O–H groups in total. The molecular formula is C22H36IN5O2. The van der Waals surface area contributed by atoms with Gasteiger partial charge in [-0.05, 0) is 31.7 Å². The Morgan fingerprint density at radius 1 is 1.20 bits per heavy atom. The number of likely N-dealkylation sites (N-methyl/N-ethyl adjacent to an activating group) is 1. The van der Waals surface area contributed by atoms with Crippen LogP contribution in [0.25, 0.3) is 0 Å². The molecule has 3 rings (SSSR count). The number of halogens is 1. The highest BCUT2D eigenvalue weighted by Gasteiger charge is 2.29. The highest BCUT2D eigenvalue weighted by molar-refractivity contribution is 14.0. The van der Waals surface area contributed by atoms with E-state index in [4.69, 9.17) is 9.73 Å². The average Bonchev–Trinajstić information content (AvgIpc) is 3.23. The topological polar surface area (TPSA) is 78.0 Å². The van der Waals surface area contributed by atoms with Crippen molar-refractivity contribution in [1.82, 2.24) is 20.9 Å². The van der Waals surface area contributed by atoms with Crippen LogP contribution in [-0.2, 0) is 9.53 Å². The van der Waals surface area contributed by atoms with Gasteiger partial charge in [0.05, 0.1) is 12.6 Å². The van der Waals surface area contributed by atoms with Crippen molar-refractivity contribution < 1.29 is 9.53 Å². The number of nitrogens with one attached hydrogen (secondary N) is 3. The summed E-state index contributed by atoms with van der Waals surface area (Å²) in [5, 5.41) is 9.67. The SMILES string of the molecule is CCNC(=NCC1CCOC1c1ccccc1)NC1CCN(CC(=O)NC)CC1.I. The summed E-state index contributed by atoms with van der Waals surface area (Å²) in [6, 6.07) is 10.8. The molecule has 2 fully saturated rings. The highest BCUT2D eigenvalue weighted by Crippen LogP contribution is 2.34. The highest BCUT2D eigenvalue weighted by atomic mass is 127. The molecule has 2 saturated heterocycles. The van der Waals surface area contributed by atoms with E-state index in [-0.39, 0.29) is 36.0 Å². The first-order chi connectivity index (χ1) is 14.2. The fraction of sp³-hybridized carbons (Fsp3) is 0.636. The molecule has 1 aromatic carbocycles. The van der Waals surface area contributed by atoms with Crippen LogP contribution in [0.3, 0.4) is 0 Å². The van der Waals surface area contributed by atoms with Crippen LogP contribution in [0.2, 0.25) is 0 Å². The van der Waals surface area contributed by atoms with Crippen LogP contribution in [-0.4, -0.2) is 69.2 Å². The first-order valence-corrected chi connectivity index (χ1v) is 10.8. The van der Waals surface area contributed by atoms with Crippen LogP contribution in [0.4, 0.5) is 0 Å². The summed E-state index contributed by atoms with van der Waals surface area (Å²) in [5.41, 5.74) is 1.24. The van der Waals surface area contributed by atoms with Crippen LogP contribution >= 0.6 is 24.0 Å². The summed E-state index contributed by atoms with van der Waals surface area (Å²) >= 11 is 0. The lowest BCUT2D eigenvalue weighted by atomic mass is 9.95. The summed E-state index contributed by atoms with van der Waals surface area (Å²) in [6.07, 6.45) is 3.21. The van der Waals surface area contributed by atoms with Gasteiger partial charge in [-0.15, -0.1) is 24.0 Å². The summed E-state index contributed by atoms with van der Waals surface area (Å²) in [4.78, 5) is 18.6. The smallest absolute Gasteiger partial charge is 0.233 e. The Labute approximate surface area is 197 Å². The average molecular weight is 529 g/mol. The van der Waals surface area contributed by atoms with Crippen molar-refractivity contribution in [3.63, 3.8) is 0 Å². The molecule has 7 nitrogen and oxygen atoms in total. The fourth-order valence-electron chi connectivity index (χ4n) is 4.07. The maximum Gasteiger partial charge on any atom is 0.233 e. The Hall–Kier alpha value is -1.39. The van der Waals surface area contributed by atoms with E-state index in [0.717, 1.165) is 58.0 Å². The molecule has 2 aliphatic rings. The van der Waals surface area contributed by atoms with E-state index in [9.17, 15) is 4.79 Å². The number of hydrogen-bond donors (Lipinski definition) is 3. The summed E-state index contributed by atoms with van der Waals surface area (Å²) in [6.45, 7) is 6.82. The number of aliphatic imine (C=N–C) groups is 1. The molecule has 1 aromatic rings. The van der Waals surface area contributed by atoms with E-state index >= 15 is 0 Å². The molecule has 0 aromatic heterocycles. The van der Waals surface area contributed by atoms with Crippen molar-refractivity contribution in [3.8, 4) is 0 Å². The Morgan fingerprint density at radius 3 is 2.60 bits per heavy atom. The molecule has 8 heteroatoms. The van der Waals surface area contributed by atoms with Crippen molar-refractivity contribution in [2.24, 2.45) is 10.9 Å². The third-order valence-electron chi connectivity index (χ3n) is 5.74. The van der Waals surface area contributed by atoms with Crippen molar-refractivity contribution in [2.45, 2.75) is 38.3 Å². The third kappa shape index (κ3) is 7.39. The lowest BCUT2D eigenvalue weighted by molar-refractivity contribution is -0.122. The number of guanidine groups is 1. The monoisotopic (exact) mass is 529 g/mol. The van der Waals surface area contributed by atoms with Gasteiger partial charge in [-0.3, -0.25) is 14.7 Å². The van der Waals surface area contributed by atoms with Gasteiger partial charge >= 0.3 is 0 Å². The number of carbonyl (C=O) groups is 1. The number of benzene rings is 1. The second-order valence-electron chi connectivity index (χ2n) is 7.84. The maximum atomic E-state index is 11.6. The maximum absolute atomic E-state index is 11.6. The predicted molar refractivity (Wildman–Crippen MR) is 131 cm³/mol. The third-order valence-corrected chi connectivity index (χ3v) is 5.74. The van der Waals surface area contributed by atoms with Crippen LogP contribution in [0, 0.1) is 5.92 Å². The van der Waals surface area contributed by atoms with E-state index < -0.39 is 0 Å². The largest absolute Gasteiger partial charge is 0.373 e. The molecule has 2 atom stereocenters. The molecule has 2 unspecified atom stereocenters. The Bertz CT molecular complexity index is 665. The van der Waals surface area contributed by atoms with Gasteiger partial charge in [-0.25, -0.2) is 0 Å². The van der Waals surface area contributed by atoms with Crippen molar-refractivity contribution in [3.05, 3.63) is 35.9 Å². The number of carbonyl (C=O) groups excluding carboxylic acids is 1. The Kier molecular flexibility index (Phi) is 10.9. The lowest BCUT2D eigenvalue weighted by Gasteiger charge is -2.32. The normalized spacial score (nSPS) is 22.9. The van der Waals surface area contributed by atoms with Gasteiger partial charge in [0, 0.05) is 51.8 Å². The second kappa shape index (κ2) is 13.1. The summed E-state index contributed by atoms with van der Waals surface area (Å²) < 4.78 is 6.00. The zero-order valence-corrected chi connectivity index (χ0v) is 20.4. The molecule has 0 saturated carbocycles. The van der Waals surface area contributed by atoms with Gasteiger partial charge < -0.3 is 20.7 Å². The number of piperidine rings is 1. The second-order valence-corrected chi connectivity index (χ2v) is 7.84. The van der Waals surface area contributed by atoms with Gasteiger partial charge in [0.1, 0.15) is 0 Å². The van der Waals surface area contributed by atoms with E-state index in [1.165, 1.54) is 5.56 Å². The van der Waals surface area contributed by atoms with Crippen LogP contribution < -0.4 is 16.0 Å². The number of likely N-dealkylation sites (tertiary alicyclic amines) is 1. The van der Waals surface area contributed by atoms with E-state index in [2.05, 4.69) is 52.0 Å². The zero-order valence-electron chi connectivity index (χ0n) is 18.1. The van der Waals surface area contributed by atoms with Crippen molar-refractivity contribution >= 4 is 35.8 Å². The fourth-order valence-corrected chi connectivity index (χ4v) is 4.07. The zero-order chi connectivity index (χ0) is 20.5. The molecule has 168 valence electrons. The number of nitrogens with zero attached hydrogens (tertiary/aromatic N) is 2.